The number of hydrogen-bond donors (Lipinski definition) is 2. The summed E-state index contributed by atoms with van der Waals surface area (Å²) in [6, 6.07) is 10.6. The number of aliphatic imine (C=N–C) groups is 1. The van der Waals surface area contributed by atoms with Crippen molar-refractivity contribution in [3.05, 3.63) is 35.9 Å². The zero-order valence-corrected chi connectivity index (χ0v) is 16.8. The predicted octanol–water partition coefficient (Wildman–Crippen LogP) is 2.74. The Balaban J connectivity index is 0.00000264. The van der Waals surface area contributed by atoms with E-state index >= 15 is 0 Å². The van der Waals surface area contributed by atoms with Gasteiger partial charge in [-0.3, -0.25) is 4.99 Å². The highest BCUT2D eigenvalue weighted by atomic mass is 127. The van der Waals surface area contributed by atoms with Gasteiger partial charge in [-0.05, 0) is 43.8 Å². The third-order valence-electron chi connectivity index (χ3n) is 4.16. The smallest absolute Gasteiger partial charge is 0.190 e. The summed E-state index contributed by atoms with van der Waals surface area (Å²) in [6.07, 6.45) is 3.75. The molecule has 1 heterocycles. The van der Waals surface area contributed by atoms with Gasteiger partial charge in [0, 0.05) is 26.7 Å². The largest absolute Gasteiger partial charge is 0.356 e. The van der Waals surface area contributed by atoms with E-state index in [9.17, 15) is 0 Å². The molecule has 0 radical (unpaired) electrons. The minimum absolute atomic E-state index is 0. The molecule has 0 spiro atoms. The van der Waals surface area contributed by atoms with Crippen molar-refractivity contribution in [2.24, 2.45) is 10.9 Å². The lowest BCUT2D eigenvalue weighted by atomic mass is 10.1. The maximum atomic E-state index is 4.30. The number of rotatable bonds is 7. The van der Waals surface area contributed by atoms with Crippen LogP contribution < -0.4 is 10.6 Å². The van der Waals surface area contributed by atoms with Gasteiger partial charge in [0.2, 0.25) is 0 Å². The molecular weight excluding hydrogens is 399 g/mol. The van der Waals surface area contributed by atoms with Gasteiger partial charge in [-0.15, -0.1) is 24.0 Å². The van der Waals surface area contributed by atoms with Crippen LogP contribution in [0.2, 0.25) is 0 Å². The SMILES string of the molecule is CN=C(NCCc1ccccc1)NCC(C)CN1CCCC1.I. The van der Waals surface area contributed by atoms with Crippen molar-refractivity contribution in [1.82, 2.24) is 15.5 Å². The Hall–Kier alpha value is -0.820. The van der Waals surface area contributed by atoms with Gasteiger partial charge >= 0.3 is 0 Å². The molecule has 1 saturated heterocycles. The van der Waals surface area contributed by atoms with Crippen molar-refractivity contribution in [2.75, 3.05) is 39.8 Å². The Bertz CT molecular complexity index is 444. The molecule has 1 fully saturated rings. The summed E-state index contributed by atoms with van der Waals surface area (Å²) in [4.78, 5) is 6.87. The van der Waals surface area contributed by atoms with Crippen molar-refractivity contribution in [3.63, 3.8) is 0 Å². The zero-order valence-electron chi connectivity index (χ0n) is 14.4. The Kier molecular flexibility index (Phi) is 10.3. The molecule has 0 bridgehead atoms. The number of halogens is 1. The van der Waals surface area contributed by atoms with Crippen LogP contribution in [0.3, 0.4) is 0 Å². The Morgan fingerprint density at radius 2 is 1.87 bits per heavy atom. The first-order chi connectivity index (χ1) is 10.8. The molecule has 5 heteroatoms. The highest BCUT2D eigenvalue weighted by Crippen LogP contribution is 2.09. The Labute approximate surface area is 158 Å². The average Bonchev–Trinajstić information content (AvgIpc) is 3.04. The monoisotopic (exact) mass is 430 g/mol. The second-order valence-electron chi connectivity index (χ2n) is 6.23. The number of guanidine groups is 1. The van der Waals surface area contributed by atoms with Crippen LogP contribution in [0.5, 0.6) is 0 Å². The van der Waals surface area contributed by atoms with Crippen LogP contribution in [0.1, 0.15) is 25.3 Å². The molecule has 1 aromatic rings. The number of benzene rings is 1. The van der Waals surface area contributed by atoms with Crippen LogP contribution in [0.15, 0.2) is 35.3 Å². The van der Waals surface area contributed by atoms with Crippen LogP contribution in [0.4, 0.5) is 0 Å². The molecular formula is C18H31IN4. The molecule has 0 amide bonds. The van der Waals surface area contributed by atoms with Crippen LogP contribution in [-0.4, -0.2) is 50.6 Å². The van der Waals surface area contributed by atoms with Gasteiger partial charge in [0.25, 0.3) is 0 Å². The predicted molar refractivity (Wildman–Crippen MR) is 110 cm³/mol. The van der Waals surface area contributed by atoms with E-state index in [1.54, 1.807) is 0 Å². The molecule has 130 valence electrons. The first-order valence-corrected chi connectivity index (χ1v) is 8.48. The van der Waals surface area contributed by atoms with E-state index in [-0.39, 0.29) is 24.0 Å². The van der Waals surface area contributed by atoms with Gasteiger partial charge in [0.15, 0.2) is 5.96 Å². The van der Waals surface area contributed by atoms with Crippen molar-refractivity contribution in [1.29, 1.82) is 0 Å². The summed E-state index contributed by atoms with van der Waals surface area (Å²) in [5.74, 6) is 1.55. The highest BCUT2D eigenvalue weighted by molar-refractivity contribution is 14.0. The molecule has 1 aliphatic rings. The van der Waals surface area contributed by atoms with Crippen molar-refractivity contribution >= 4 is 29.9 Å². The fourth-order valence-corrected chi connectivity index (χ4v) is 2.93. The van der Waals surface area contributed by atoms with E-state index < -0.39 is 0 Å². The van der Waals surface area contributed by atoms with Crippen LogP contribution in [0, 0.1) is 5.92 Å². The second kappa shape index (κ2) is 11.7. The lowest BCUT2D eigenvalue weighted by Gasteiger charge is -2.21. The van der Waals surface area contributed by atoms with Crippen LogP contribution in [-0.2, 0) is 6.42 Å². The topological polar surface area (TPSA) is 39.7 Å². The first-order valence-electron chi connectivity index (χ1n) is 8.48. The fourth-order valence-electron chi connectivity index (χ4n) is 2.93. The third kappa shape index (κ3) is 8.01. The van der Waals surface area contributed by atoms with E-state index in [2.05, 4.69) is 57.8 Å². The third-order valence-corrected chi connectivity index (χ3v) is 4.16. The molecule has 1 unspecified atom stereocenters. The second-order valence-corrected chi connectivity index (χ2v) is 6.23. The maximum Gasteiger partial charge on any atom is 0.190 e. The molecule has 1 atom stereocenters. The van der Waals surface area contributed by atoms with E-state index in [0.717, 1.165) is 25.5 Å². The minimum atomic E-state index is 0. The number of likely N-dealkylation sites (tertiary alicyclic amines) is 1. The lowest BCUT2D eigenvalue weighted by molar-refractivity contribution is 0.287. The van der Waals surface area contributed by atoms with Crippen LogP contribution in [0.25, 0.3) is 0 Å². The average molecular weight is 430 g/mol. The van der Waals surface area contributed by atoms with Gasteiger partial charge in [-0.25, -0.2) is 0 Å². The van der Waals surface area contributed by atoms with Crippen LogP contribution >= 0.6 is 24.0 Å². The standard InChI is InChI=1S/C18H30N4.HI/c1-16(15-22-12-6-7-13-22)14-21-18(19-2)20-11-10-17-8-4-3-5-9-17;/h3-5,8-9,16H,6-7,10-15H2,1-2H3,(H2,19,20,21);1H. The van der Waals surface area contributed by atoms with Gasteiger partial charge in [0.05, 0.1) is 0 Å². The van der Waals surface area contributed by atoms with E-state index in [1.807, 2.05) is 7.05 Å². The quantitative estimate of drug-likeness (QED) is 0.397. The fraction of sp³-hybridized carbons (Fsp3) is 0.611. The number of nitrogens with zero attached hydrogens (tertiary/aromatic N) is 2. The number of hydrogen-bond acceptors (Lipinski definition) is 2. The molecule has 23 heavy (non-hydrogen) atoms. The normalized spacial score (nSPS) is 16.7. The van der Waals surface area contributed by atoms with Gasteiger partial charge in [-0.1, -0.05) is 37.3 Å². The first kappa shape index (κ1) is 20.2. The highest BCUT2D eigenvalue weighted by Gasteiger charge is 2.14. The Morgan fingerprint density at radius 3 is 2.52 bits per heavy atom. The van der Waals surface area contributed by atoms with Gasteiger partial charge < -0.3 is 15.5 Å². The number of nitrogens with one attached hydrogen (secondary N) is 2. The summed E-state index contributed by atoms with van der Waals surface area (Å²) >= 11 is 0. The molecule has 0 aromatic heterocycles. The van der Waals surface area contributed by atoms with E-state index in [4.69, 9.17) is 0 Å². The van der Waals surface area contributed by atoms with Crippen molar-refractivity contribution in [2.45, 2.75) is 26.2 Å². The van der Waals surface area contributed by atoms with Crippen molar-refractivity contribution in [3.8, 4) is 0 Å². The minimum Gasteiger partial charge on any atom is -0.356 e. The molecule has 0 aliphatic carbocycles. The molecule has 0 saturated carbocycles. The zero-order chi connectivity index (χ0) is 15.6. The Morgan fingerprint density at radius 1 is 1.17 bits per heavy atom. The summed E-state index contributed by atoms with van der Waals surface area (Å²) in [5, 5.41) is 6.83. The van der Waals surface area contributed by atoms with E-state index in [1.165, 1.54) is 38.0 Å². The summed E-state index contributed by atoms with van der Waals surface area (Å²) in [7, 11) is 1.84. The molecule has 4 nitrogen and oxygen atoms in total. The lowest BCUT2D eigenvalue weighted by Crippen LogP contribution is -2.42. The van der Waals surface area contributed by atoms with Gasteiger partial charge in [0.1, 0.15) is 0 Å². The molecule has 2 N–H and O–H groups in total. The van der Waals surface area contributed by atoms with E-state index in [0.29, 0.717) is 5.92 Å². The van der Waals surface area contributed by atoms with Gasteiger partial charge in [-0.2, -0.15) is 0 Å². The summed E-state index contributed by atoms with van der Waals surface area (Å²) in [6.45, 7) is 7.92. The maximum absolute atomic E-state index is 4.30. The molecule has 1 aromatic carbocycles. The van der Waals surface area contributed by atoms with Crippen molar-refractivity contribution < 1.29 is 0 Å². The molecule has 2 rings (SSSR count). The summed E-state index contributed by atoms with van der Waals surface area (Å²) in [5.41, 5.74) is 1.35. The molecule has 1 aliphatic heterocycles. The summed E-state index contributed by atoms with van der Waals surface area (Å²) < 4.78 is 0.